The number of allylic oxidation sites excluding steroid dienone is 6. The van der Waals surface area contributed by atoms with Crippen molar-refractivity contribution in [3.8, 4) is 0 Å². The second kappa shape index (κ2) is 3.66. The fourth-order valence-electron chi connectivity index (χ4n) is 2.34. The van der Waals surface area contributed by atoms with Gasteiger partial charge >= 0.3 is 0 Å². The van der Waals surface area contributed by atoms with Crippen LogP contribution in [-0.2, 0) is 0 Å². The van der Waals surface area contributed by atoms with Crippen LogP contribution in [0.1, 0.15) is 55.4 Å². The van der Waals surface area contributed by atoms with Crippen molar-refractivity contribution in [2.75, 3.05) is 0 Å². The van der Waals surface area contributed by atoms with Gasteiger partial charge in [0.15, 0.2) is 0 Å². The van der Waals surface area contributed by atoms with Gasteiger partial charge in [0.05, 0.1) is 0 Å². The van der Waals surface area contributed by atoms with E-state index in [0.717, 1.165) is 0 Å². The van der Waals surface area contributed by atoms with Crippen LogP contribution >= 0.6 is 0 Å². The highest BCUT2D eigenvalue weighted by atomic mass is 14.3. The molecular weight excluding hydrogens is 180 g/mol. The van der Waals surface area contributed by atoms with Crippen LogP contribution < -0.4 is 0 Å². The third-order valence-electron chi connectivity index (χ3n) is 4.69. The molecule has 1 aliphatic rings. The third-order valence-corrected chi connectivity index (χ3v) is 4.69. The molecule has 1 rings (SSSR count). The Labute approximate surface area is 94.8 Å². The van der Waals surface area contributed by atoms with E-state index in [1.54, 1.807) is 0 Å². The van der Waals surface area contributed by atoms with Crippen molar-refractivity contribution in [1.29, 1.82) is 0 Å². The number of hydrogen-bond acceptors (Lipinski definition) is 0. The Morgan fingerprint density at radius 3 is 1.07 bits per heavy atom. The Morgan fingerprint density at radius 1 is 0.533 bits per heavy atom. The molecule has 0 amide bonds. The van der Waals surface area contributed by atoms with Crippen LogP contribution in [-0.4, -0.2) is 0 Å². The summed E-state index contributed by atoms with van der Waals surface area (Å²) < 4.78 is 0. The molecule has 0 heterocycles. The summed E-state index contributed by atoms with van der Waals surface area (Å²) in [5, 5.41) is 0. The summed E-state index contributed by atoms with van der Waals surface area (Å²) in [5.74, 6) is 0. The first-order valence-corrected chi connectivity index (χ1v) is 5.75. The van der Waals surface area contributed by atoms with Crippen LogP contribution in [0.4, 0.5) is 0 Å². The molecule has 0 atom stereocenters. The van der Waals surface area contributed by atoms with E-state index in [9.17, 15) is 0 Å². The second-order valence-corrected chi connectivity index (χ2v) is 5.38. The van der Waals surface area contributed by atoms with Gasteiger partial charge in [-0.3, -0.25) is 0 Å². The van der Waals surface area contributed by atoms with Crippen LogP contribution in [0.5, 0.6) is 0 Å². The van der Waals surface area contributed by atoms with Crippen LogP contribution in [0.15, 0.2) is 33.4 Å². The zero-order chi connectivity index (χ0) is 12.0. The zero-order valence-electron chi connectivity index (χ0n) is 11.5. The molecule has 0 aromatic heterocycles. The fourth-order valence-corrected chi connectivity index (χ4v) is 2.34. The summed E-state index contributed by atoms with van der Waals surface area (Å²) in [7, 11) is 0. The van der Waals surface area contributed by atoms with Gasteiger partial charge in [-0.25, -0.2) is 0 Å². The molecule has 0 unspecified atom stereocenters. The highest BCUT2D eigenvalue weighted by molar-refractivity contribution is 5.51. The van der Waals surface area contributed by atoms with E-state index in [2.05, 4.69) is 55.4 Å². The molecule has 0 saturated carbocycles. The molecule has 0 heteroatoms. The smallest absolute Gasteiger partial charge is 0.00701 e. The zero-order valence-corrected chi connectivity index (χ0v) is 11.5. The van der Waals surface area contributed by atoms with E-state index < -0.39 is 0 Å². The molecule has 1 aliphatic carbocycles. The van der Waals surface area contributed by atoms with Crippen molar-refractivity contribution in [3.63, 3.8) is 0 Å². The lowest BCUT2D eigenvalue weighted by molar-refractivity contribution is 0.530. The Morgan fingerprint density at radius 2 is 0.800 bits per heavy atom. The molecule has 0 radical (unpaired) electrons. The van der Waals surface area contributed by atoms with Crippen LogP contribution in [0.2, 0.25) is 0 Å². The van der Waals surface area contributed by atoms with E-state index in [-0.39, 0.29) is 5.41 Å². The molecule has 0 aliphatic heterocycles. The maximum Gasteiger partial charge on any atom is 0.00701 e. The van der Waals surface area contributed by atoms with E-state index in [4.69, 9.17) is 0 Å². The standard InChI is InChI=1S/C15H24/c1-9-10(2)12(4)14(6)15(7,8)13(5)11(9)3/h1-8H3. The van der Waals surface area contributed by atoms with Gasteiger partial charge in [0.1, 0.15) is 0 Å². The molecule has 15 heavy (non-hydrogen) atoms. The number of hydrogen-bond donors (Lipinski definition) is 0. The largest absolute Gasteiger partial charge is 0.0604 e. The van der Waals surface area contributed by atoms with Gasteiger partial charge < -0.3 is 0 Å². The Bertz CT molecular complexity index is 348. The molecule has 0 fully saturated rings. The predicted octanol–water partition coefficient (Wildman–Crippen LogP) is 5.04. The number of rotatable bonds is 0. The van der Waals surface area contributed by atoms with Gasteiger partial charge in [-0.2, -0.15) is 0 Å². The maximum atomic E-state index is 2.33. The lowest BCUT2D eigenvalue weighted by Gasteiger charge is -2.29. The lowest BCUT2D eigenvalue weighted by atomic mass is 9.76. The van der Waals surface area contributed by atoms with Crippen LogP contribution in [0, 0.1) is 5.41 Å². The average molecular weight is 204 g/mol. The molecule has 0 aromatic carbocycles. The molecule has 0 saturated heterocycles. The maximum absolute atomic E-state index is 2.33. The Kier molecular flexibility index (Phi) is 3.00. The van der Waals surface area contributed by atoms with E-state index in [1.165, 1.54) is 33.4 Å². The van der Waals surface area contributed by atoms with Gasteiger partial charge in [0.25, 0.3) is 0 Å². The summed E-state index contributed by atoms with van der Waals surface area (Å²) in [6.45, 7) is 18.2. The van der Waals surface area contributed by atoms with Gasteiger partial charge in [-0.1, -0.05) is 25.0 Å². The molecule has 84 valence electrons. The summed E-state index contributed by atoms with van der Waals surface area (Å²) in [4.78, 5) is 0. The first kappa shape index (κ1) is 12.3. The highest BCUT2D eigenvalue weighted by Crippen LogP contribution is 2.43. The van der Waals surface area contributed by atoms with Crippen molar-refractivity contribution in [3.05, 3.63) is 33.4 Å². The Hall–Kier alpha value is -0.780. The summed E-state index contributed by atoms with van der Waals surface area (Å²) in [6, 6.07) is 0. The topological polar surface area (TPSA) is 0 Å². The first-order valence-electron chi connectivity index (χ1n) is 5.75. The van der Waals surface area contributed by atoms with E-state index >= 15 is 0 Å². The molecule has 0 bridgehead atoms. The van der Waals surface area contributed by atoms with Gasteiger partial charge in [0, 0.05) is 5.41 Å². The van der Waals surface area contributed by atoms with Crippen LogP contribution in [0.3, 0.4) is 0 Å². The second-order valence-electron chi connectivity index (χ2n) is 5.38. The minimum absolute atomic E-state index is 0.202. The Balaban J connectivity index is 3.61. The molecule has 0 aromatic rings. The minimum Gasteiger partial charge on any atom is -0.0604 e. The van der Waals surface area contributed by atoms with Gasteiger partial charge in [-0.05, 0) is 63.8 Å². The third kappa shape index (κ3) is 1.71. The summed E-state index contributed by atoms with van der Waals surface area (Å²) in [5.41, 5.74) is 9.06. The van der Waals surface area contributed by atoms with E-state index in [1.807, 2.05) is 0 Å². The monoisotopic (exact) mass is 204 g/mol. The molecule has 0 spiro atoms. The average Bonchev–Trinajstić information content (AvgIpc) is 2.23. The van der Waals surface area contributed by atoms with Gasteiger partial charge in [0.2, 0.25) is 0 Å². The SMILES string of the molecule is CC1=C(C)C(C)=C(C)C(C)(C)C(C)=C1C. The predicted molar refractivity (Wildman–Crippen MR) is 68.9 cm³/mol. The summed E-state index contributed by atoms with van der Waals surface area (Å²) in [6.07, 6.45) is 0. The highest BCUT2D eigenvalue weighted by Gasteiger charge is 2.28. The molecular formula is C15H24. The van der Waals surface area contributed by atoms with Crippen molar-refractivity contribution in [2.24, 2.45) is 5.41 Å². The van der Waals surface area contributed by atoms with Crippen molar-refractivity contribution < 1.29 is 0 Å². The minimum atomic E-state index is 0.202. The fraction of sp³-hybridized carbons (Fsp3) is 0.600. The summed E-state index contributed by atoms with van der Waals surface area (Å²) >= 11 is 0. The van der Waals surface area contributed by atoms with Crippen molar-refractivity contribution in [1.82, 2.24) is 0 Å². The first-order chi connectivity index (χ1) is 6.71. The lowest BCUT2D eigenvalue weighted by Crippen LogP contribution is -2.16. The van der Waals surface area contributed by atoms with Gasteiger partial charge in [-0.15, -0.1) is 0 Å². The van der Waals surface area contributed by atoms with E-state index in [0.29, 0.717) is 0 Å². The molecule has 0 nitrogen and oxygen atoms in total. The quantitative estimate of drug-likeness (QED) is 0.519. The van der Waals surface area contributed by atoms with Crippen LogP contribution in [0.25, 0.3) is 0 Å². The molecule has 0 N–H and O–H groups in total. The van der Waals surface area contributed by atoms with Crippen molar-refractivity contribution >= 4 is 0 Å². The normalized spacial score (nSPS) is 22.4. The van der Waals surface area contributed by atoms with Crippen molar-refractivity contribution in [2.45, 2.75) is 55.4 Å².